The molecule has 0 unspecified atom stereocenters. The molecule has 1 aliphatic rings. The maximum Gasteiger partial charge on any atom is 0.260 e. The lowest BCUT2D eigenvalue weighted by molar-refractivity contribution is 0.292. The number of imidazole rings is 1. The van der Waals surface area contributed by atoms with Crippen LogP contribution in [0.4, 0.5) is 0 Å². The summed E-state index contributed by atoms with van der Waals surface area (Å²) in [5, 5.41) is 3.53. The Bertz CT molecular complexity index is 435. The fraction of sp³-hybridized carbons (Fsp3) is 0.700. The quantitative estimate of drug-likeness (QED) is 0.807. The van der Waals surface area contributed by atoms with Crippen molar-refractivity contribution in [2.24, 2.45) is 0 Å². The van der Waals surface area contributed by atoms with Gasteiger partial charge in [0.2, 0.25) is 0 Å². The molecule has 0 amide bonds. The molecule has 6 nitrogen and oxygen atoms in total. The van der Waals surface area contributed by atoms with E-state index in [1.807, 2.05) is 0 Å². The van der Waals surface area contributed by atoms with E-state index in [1.165, 1.54) is 16.8 Å². The Morgan fingerprint density at radius 2 is 2.24 bits per heavy atom. The second-order valence-electron chi connectivity index (χ2n) is 4.15. The Hall–Kier alpha value is -0.920. The van der Waals surface area contributed by atoms with E-state index in [1.54, 1.807) is 0 Å². The first kappa shape index (κ1) is 12.5. The van der Waals surface area contributed by atoms with E-state index < -0.39 is 10.0 Å². The number of sulfonamides is 1. The maximum atomic E-state index is 12.1. The third-order valence-corrected chi connectivity index (χ3v) is 4.86. The standard InChI is InChI=1S/C10H18N4O2S/c1-2-12-9-3-5-14(6-4-9)17(15,16)10-7-11-8-13-10/h7-9,12H,2-6H2,1H3,(H,11,13). The van der Waals surface area contributed by atoms with E-state index in [0.29, 0.717) is 19.1 Å². The SMILES string of the molecule is CCNC1CCN(S(=O)(=O)c2cnc[nH]2)CC1. The van der Waals surface area contributed by atoms with Crippen LogP contribution in [0.25, 0.3) is 0 Å². The van der Waals surface area contributed by atoms with Crippen LogP contribution in [0.1, 0.15) is 19.8 Å². The second kappa shape index (κ2) is 5.16. The van der Waals surface area contributed by atoms with Gasteiger partial charge in [0, 0.05) is 19.1 Å². The summed E-state index contributed by atoms with van der Waals surface area (Å²) >= 11 is 0. The molecule has 0 spiro atoms. The van der Waals surface area contributed by atoms with E-state index >= 15 is 0 Å². The predicted octanol–water partition coefficient (Wildman–Crippen LogP) is 0.172. The number of rotatable bonds is 4. The summed E-state index contributed by atoms with van der Waals surface area (Å²) in [4.78, 5) is 6.41. The summed E-state index contributed by atoms with van der Waals surface area (Å²) in [6.07, 6.45) is 4.46. The maximum absolute atomic E-state index is 12.1. The number of hydrogen-bond donors (Lipinski definition) is 2. The fourth-order valence-corrected chi connectivity index (χ4v) is 3.48. The van der Waals surface area contributed by atoms with E-state index in [2.05, 4.69) is 22.2 Å². The summed E-state index contributed by atoms with van der Waals surface area (Å²) in [5.41, 5.74) is 0. The molecule has 17 heavy (non-hydrogen) atoms. The normalized spacial score (nSPS) is 19.6. The molecule has 2 rings (SSSR count). The molecule has 1 aromatic rings. The molecule has 1 fully saturated rings. The summed E-state index contributed by atoms with van der Waals surface area (Å²) in [7, 11) is -3.37. The van der Waals surface area contributed by atoms with Crippen LogP contribution in [0, 0.1) is 0 Å². The first-order valence-corrected chi connectivity index (χ1v) is 7.30. The zero-order valence-corrected chi connectivity index (χ0v) is 10.7. The Morgan fingerprint density at radius 1 is 1.53 bits per heavy atom. The zero-order chi connectivity index (χ0) is 12.3. The summed E-state index contributed by atoms with van der Waals surface area (Å²) in [6.45, 7) is 4.13. The van der Waals surface area contributed by atoms with Gasteiger partial charge in [-0.3, -0.25) is 0 Å². The number of nitrogens with zero attached hydrogens (tertiary/aromatic N) is 2. The highest BCUT2D eigenvalue weighted by atomic mass is 32.2. The van der Waals surface area contributed by atoms with Gasteiger partial charge in [-0.25, -0.2) is 13.4 Å². The number of H-pyrrole nitrogens is 1. The molecule has 0 bridgehead atoms. The van der Waals surface area contributed by atoms with Gasteiger partial charge in [0.25, 0.3) is 10.0 Å². The molecule has 0 radical (unpaired) electrons. The van der Waals surface area contributed by atoms with Crippen molar-refractivity contribution in [1.29, 1.82) is 0 Å². The highest BCUT2D eigenvalue weighted by Crippen LogP contribution is 2.18. The molecule has 0 aliphatic carbocycles. The Kier molecular flexibility index (Phi) is 3.80. The van der Waals surface area contributed by atoms with E-state index in [0.717, 1.165) is 19.4 Å². The van der Waals surface area contributed by atoms with Crippen LogP contribution in [-0.4, -0.2) is 48.4 Å². The minimum atomic E-state index is -3.37. The van der Waals surface area contributed by atoms with Crippen molar-refractivity contribution >= 4 is 10.0 Å². The van der Waals surface area contributed by atoms with Crippen molar-refractivity contribution in [1.82, 2.24) is 19.6 Å². The molecule has 2 heterocycles. The molecule has 1 aliphatic heterocycles. The van der Waals surface area contributed by atoms with Gasteiger partial charge in [-0.1, -0.05) is 6.92 Å². The van der Waals surface area contributed by atoms with Crippen LogP contribution in [0.5, 0.6) is 0 Å². The first-order chi connectivity index (χ1) is 8.14. The number of piperidine rings is 1. The second-order valence-corrected chi connectivity index (χ2v) is 6.06. The highest BCUT2D eigenvalue weighted by Gasteiger charge is 2.29. The molecule has 0 aromatic carbocycles. The smallest absolute Gasteiger partial charge is 0.260 e. The molecular weight excluding hydrogens is 240 g/mol. The average molecular weight is 258 g/mol. The molecule has 7 heteroatoms. The predicted molar refractivity (Wildman–Crippen MR) is 64.0 cm³/mol. The minimum absolute atomic E-state index is 0.180. The van der Waals surface area contributed by atoms with Crippen molar-refractivity contribution in [2.75, 3.05) is 19.6 Å². The van der Waals surface area contributed by atoms with Crippen molar-refractivity contribution in [3.05, 3.63) is 12.5 Å². The monoisotopic (exact) mass is 258 g/mol. The van der Waals surface area contributed by atoms with Gasteiger partial charge >= 0.3 is 0 Å². The summed E-state index contributed by atoms with van der Waals surface area (Å²) in [6, 6.07) is 0.438. The van der Waals surface area contributed by atoms with Gasteiger partial charge < -0.3 is 10.3 Å². The van der Waals surface area contributed by atoms with Crippen molar-refractivity contribution < 1.29 is 8.42 Å². The minimum Gasteiger partial charge on any atom is -0.335 e. The third kappa shape index (κ3) is 2.67. The number of aromatic amines is 1. The Balaban J connectivity index is 2.01. The molecule has 1 aromatic heterocycles. The Morgan fingerprint density at radius 3 is 2.76 bits per heavy atom. The fourth-order valence-electron chi connectivity index (χ4n) is 2.11. The largest absolute Gasteiger partial charge is 0.335 e. The van der Waals surface area contributed by atoms with Gasteiger partial charge in [0.1, 0.15) is 0 Å². The molecule has 0 atom stereocenters. The van der Waals surface area contributed by atoms with Crippen molar-refractivity contribution in [3.63, 3.8) is 0 Å². The molecular formula is C10H18N4O2S. The van der Waals surface area contributed by atoms with Gasteiger partial charge in [0.15, 0.2) is 5.03 Å². The topological polar surface area (TPSA) is 78.1 Å². The van der Waals surface area contributed by atoms with Crippen LogP contribution >= 0.6 is 0 Å². The van der Waals surface area contributed by atoms with Gasteiger partial charge in [0.05, 0.1) is 12.5 Å². The number of hydrogen-bond acceptors (Lipinski definition) is 4. The van der Waals surface area contributed by atoms with Crippen LogP contribution < -0.4 is 5.32 Å². The lowest BCUT2D eigenvalue weighted by atomic mass is 10.1. The highest BCUT2D eigenvalue weighted by molar-refractivity contribution is 7.89. The first-order valence-electron chi connectivity index (χ1n) is 5.86. The summed E-state index contributed by atoms with van der Waals surface area (Å²) < 4.78 is 25.8. The van der Waals surface area contributed by atoms with Crippen molar-refractivity contribution in [2.45, 2.75) is 30.8 Å². The van der Waals surface area contributed by atoms with E-state index in [4.69, 9.17) is 0 Å². The molecule has 2 N–H and O–H groups in total. The van der Waals surface area contributed by atoms with E-state index in [9.17, 15) is 8.42 Å². The van der Waals surface area contributed by atoms with Crippen LogP contribution in [0.3, 0.4) is 0 Å². The van der Waals surface area contributed by atoms with Crippen LogP contribution in [0.15, 0.2) is 17.6 Å². The third-order valence-electron chi connectivity index (χ3n) is 3.04. The molecule has 1 saturated heterocycles. The van der Waals surface area contributed by atoms with Gasteiger partial charge in [-0.15, -0.1) is 0 Å². The number of nitrogens with one attached hydrogen (secondary N) is 2. The molecule has 96 valence electrons. The van der Waals surface area contributed by atoms with Crippen LogP contribution in [0.2, 0.25) is 0 Å². The number of aromatic nitrogens is 2. The molecule has 0 saturated carbocycles. The van der Waals surface area contributed by atoms with Crippen molar-refractivity contribution in [3.8, 4) is 0 Å². The van der Waals surface area contributed by atoms with Crippen LogP contribution in [-0.2, 0) is 10.0 Å². The Labute approximate surface area is 101 Å². The lowest BCUT2D eigenvalue weighted by Gasteiger charge is -2.31. The summed E-state index contributed by atoms with van der Waals surface area (Å²) in [5.74, 6) is 0. The van der Waals surface area contributed by atoms with E-state index in [-0.39, 0.29) is 5.03 Å². The lowest BCUT2D eigenvalue weighted by Crippen LogP contribution is -2.44. The zero-order valence-electron chi connectivity index (χ0n) is 9.89. The average Bonchev–Trinajstić information content (AvgIpc) is 2.84. The van der Waals surface area contributed by atoms with Gasteiger partial charge in [-0.05, 0) is 19.4 Å². The van der Waals surface area contributed by atoms with Gasteiger partial charge in [-0.2, -0.15) is 4.31 Å².